The Bertz CT molecular complexity index is 966. The Kier molecular flexibility index (Phi) is 8.80. The summed E-state index contributed by atoms with van der Waals surface area (Å²) in [6, 6.07) is 9.65. The number of alkyl carbamates (subject to hydrolysis) is 1. The molecule has 2 aromatic rings. The Hall–Kier alpha value is -3.60. The fourth-order valence-corrected chi connectivity index (χ4v) is 2.95. The number of carbonyl (C=O) groups is 3. The van der Waals surface area contributed by atoms with Gasteiger partial charge in [0.1, 0.15) is 18.7 Å². The van der Waals surface area contributed by atoms with E-state index >= 15 is 0 Å². The highest BCUT2D eigenvalue weighted by molar-refractivity contribution is 5.89. The lowest BCUT2D eigenvalue weighted by Gasteiger charge is -2.23. The van der Waals surface area contributed by atoms with Crippen molar-refractivity contribution in [3.05, 3.63) is 71.3 Å². The van der Waals surface area contributed by atoms with Gasteiger partial charge in [0.2, 0.25) is 5.91 Å². The zero-order chi connectivity index (χ0) is 24.6. The van der Waals surface area contributed by atoms with Crippen LogP contribution < -0.4 is 10.6 Å². The van der Waals surface area contributed by atoms with Gasteiger partial charge in [0.15, 0.2) is 0 Å². The normalized spacial score (nSPS) is 14.0. The minimum atomic E-state index is -4.71. The number of benzene rings is 2. The van der Waals surface area contributed by atoms with Crippen LogP contribution in [-0.4, -0.2) is 46.4 Å². The summed E-state index contributed by atoms with van der Waals surface area (Å²) in [5.41, 5.74) is -0.693. The summed E-state index contributed by atoms with van der Waals surface area (Å²) in [5.74, 6) is -2.69. The number of ether oxygens (including phenoxy) is 1. The molecule has 178 valence electrons. The van der Waals surface area contributed by atoms with Gasteiger partial charge in [0, 0.05) is 6.42 Å². The summed E-state index contributed by atoms with van der Waals surface area (Å²) in [5, 5.41) is 23.5. The van der Waals surface area contributed by atoms with E-state index in [2.05, 4.69) is 10.6 Å². The molecule has 0 saturated heterocycles. The zero-order valence-corrected chi connectivity index (χ0v) is 17.5. The lowest BCUT2D eigenvalue weighted by atomic mass is 9.99. The highest BCUT2D eigenvalue weighted by Crippen LogP contribution is 2.32. The molecule has 0 aliphatic rings. The number of alkyl halides is 3. The second kappa shape index (κ2) is 11.3. The van der Waals surface area contributed by atoms with Crippen molar-refractivity contribution in [2.75, 3.05) is 0 Å². The molecule has 2 rings (SSSR count). The lowest BCUT2D eigenvalue weighted by molar-refractivity contribution is -0.143. The zero-order valence-electron chi connectivity index (χ0n) is 17.5. The second-order valence-corrected chi connectivity index (χ2v) is 7.18. The number of halogens is 3. The molecule has 11 heteroatoms. The number of aliphatic carboxylic acids is 1. The predicted octanol–water partition coefficient (Wildman–Crippen LogP) is 2.49. The number of nitrogens with one attached hydrogen (secondary N) is 2. The van der Waals surface area contributed by atoms with E-state index in [0.717, 1.165) is 18.2 Å². The molecular weight excluding hydrogens is 445 g/mol. The first kappa shape index (κ1) is 25.7. The molecule has 2 amide bonds. The van der Waals surface area contributed by atoms with Gasteiger partial charge in [0.05, 0.1) is 11.7 Å². The highest BCUT2D eigenvalue weighted by Gasteiger charge is 2.35. The molecule has 0 saturated carbocycles. The largest absolute Gasteiger partial charge is 0.480 e. The molecule has 0 aliphatic heterocycles. The molecule has 2 aromatic carbocycles. The smallest absolute Gasteiger partial charge is 0.416 e. The SMILES string of the molecule is C[C@@H](O)[C@H](NC(=O)OCc1ccccc1)C(=O)N[C@@H](Cc1ccccc1C(F)(F)F)C(=O)O. The van der Waals surface area contributed by atoms with E-state index in [0.29, 0.717) is 5.56 Å². The van der Waals surface area contributed by atoms with Gasteiger partial charge in [-0.05, 0) is 24.1 Å². The first-order valence-electron chi connectivity index (χ1n) is 9.82. The third-order valence-corrected chi connectivity index (χ3v) is 4.61. The van der Waals surface area contributed by atoms with Gasteiger partial charge in [-0.2, -0.15) is 13.2 Å². The minimum absolute atomic E-state index is 0.118. The van der Waals surface area contributed by atoms with Crippen LogP contribution in [0.5, 0.6) is 0 Å². The van der Waals surface area contributed by atoms with Crippen LogP contribution in [0.2, 0.25) is 0 Å². The number of aliphatic hydroxyl groups is 1. The summed E-state index contributed by atoms with van der Waals surface area (Å²) in [4.78, 5) is 36.2. The van der Waals surface area contributed by atoms with Crippen molar-refractivity contribution < 1.29 is 42.5 Å². The van der Waals surface area contributed by atoms with Gasteiger partial charge in [-0.15, -0.1) is 0 Å². The molecular formula is C22H23F3N2O6. The van der Waals surface area contributed by atoms with E-state index in [1.807, 2.05) is 0 Å². The van der Waals surface area contributed by atoms with Crippen molar-refractivity contribution in [2.45, 2.75) is 44.3 Å². The maximum Gasteiger partial charge on any atom is 0.416 e. The van der Waals surface area contributed by atoms with Gasteiger partial charge in [-0.25, -0.2) is 9.59 Å². The Labute approximate surface area is 187 Å². The van der Waals surface area contributed by atoms with E-state index < -0.39 is 54.3 Å². The Morgan fingerprint density at radius 2 is 1.61 bits per heavy atom. The van der Waals surface area contributed by atoms with Crippen LogP contribution >= 0.6 is 0 Å². The van der Waals surface area contributed by atoms with Crippen LogP contribution in [0.15, 0.2) is 54.6 Å². The molecule has 0 bridgehead atoms. The first-order chi connectivity index (χ1) is 15.5. The third kappa shape index (κ3) is 7.79. The van der Waals surface area contributed by atoms with Gasteiger partial charge >= 0.3 is 18.2 Å². The average molecular weight is 468 g/mol. The van der Waals surface area contributed by atoms with Crippen molar-refractivity contribution in [3.8, 4) is 0 Å². The lowest BCUT2D eigenvalue weighted by Crippen LogP contribution is -2.56. The topological polar surface area (TPSA) is 125 Å². The van der Waals surface area contributed by atoms with Gasteiger partial charge in [-0.3, -0.25) is 4.79 Å². The molecule has 3 atom stereocenters. The predicted molar refractivity (Wildman–Crippen MR) is 110 cm³/mol. The number of amides is 2. The van der Waals surface area contributed by atoms with Crippen LogP contribution in [0, 0.1) is 0 Å². The molecule has 4 N–H and O–H groups in total. The summed E-state index contributed by atoms with van der Waals surface area (Å²) in [6.45, 7) is 1.06. The summed E-state index contributed by atoms with van der Waals surface area (Å²) in [6.07, 6.45) is -7.88. The van der Waals surface area contributed by atoms with Gasteiger partial charge in [0.25, 0.3) is 0 Å². The van der Waals surface area contributed by atoms with E-state index in [4.69, 9.17) is 4.74 Å². The number of carboxylic acids is 1. The van der Waals surface area contributed by atoms with Crippen LogP contribution in [0.25, 0.3) is 0 Å². The summed E-state index contributed by atoms with van der Waals surface area (Å²) in [7, 11) is 0. The maximum absolute atomic E-state index is 13.2. The van der Waals surface area contributed by atoms with E-state index in [1.165, 1.54) is 13.0 Å². The van der Waals surface area contributed by atoms with Gasteiger partial charge < -0.3 is 25.6 Å². The molecule has 33 heavy (non-hydrogen) atoms. The standard InChI is InChI=1S/C22H23F3N2O6/c1-13(28)18(27-21(32)33-12-14-7-3-2-4-8-14)19(29)26-17(20(30)31)11-15-9-5-6-10-16(15)22(23,24)25/h2-10,13,17-18,28H,11-12H2,1H3,(H,26,29)(H,27,32)(H,30,31)/t13-,17+,18+/m1/s1. The molecule has 0 radical (unpaired) electrons. The van der Waals surface area contributed by atoms with Crippen LogP contribution in [0.1, 0.15) is 23.6 Å². The number of aliphatic hydroxyl groups excluding tert-OH is 1. The molecule has 0 fully saturated rings. The molecule has 0 aromatic heterocycles. The number of carboxylic acid groups (broad SMARTS) is 1. The fourth-order valence-electron chi connectivity index (χ4n) is 2.95. The Morgan fingerprint density at radius 1 is 1.00 bits per heavy atom. The van der Waals surface area contributed by atoms with Crippen molar-refractivity contribution in [3.63, 3.8) is 0 Å². The third-order valence-electron chi connectivity index (χ3n) is 4.61. The van der Waals surface area contributed by atoms with E-state index in [9.17, 15) is 37.8 Å². The van der Waals surface area contributed by atoms with Crippen molar-refractivity contribution in [1.82, 2.24) is 10.6 Å². The first-order valence-corrected chi connectivity index (χ1v) is 9.82. The monoisotopic (exact) mass is 468 g/mol. The van der Waals surface area contributed by atoms with Crippen molar-refractivity contribution >= 4 is 18.0 Å². The van der Waals surface area contributed by atoms with Crippen LogP contribution in [0.4, 0.5) is 18.0 Å². The molecule has 8 nitrogen and oxygen atoms in total. The molecule has 0 spiro atoms. The quantitative estimate of drug-likeness (QED) is 0.448. The van der Waals surface area contributed by atoms with Crippen LogP contribution in [0.3, 0.4) is 0 Å². The highest BCUT2D eigenvalue weighted by atomic mass is 19.4. The number of hydrogen-bond donors (Lipinski definition) is 4. The van der Waals surface area contributed by atoms with Crippen LogP contribution in [-0.2, 0) is 33.5 Å². The fraction of sp³-hybridized carbons (Fsp3) is 0.318. The van der Waals surface area contributed by atoms with E-state index in [-0.39, 0.29) is 12.2 Å². The van der Waals surface area contributed by atoms with Crippen molar-refractivity contribution in [2.24, 2.45) is 0 Å². The van der Waals surface area contributed by atoms with Gasteiger partial charge in [-0.1, -0.05) is 48.5 Å². The van der Waals surface area contributed by atoms with E-state index in [1.54, 1.807) is 30.3 Å². The summed E-state index contributed by atoms with van der Waals surface area (Å²) >= 11 is 0. The summed E-state index contributed by atoms with van der Waals surface area (Å²) < 4.78 is 44.6. The maximum atomic E-state index is 13.2. The number of rotatable bonds is 9. The Morgan fingerprint density at radius 3 is 2.18 bits per heavy atom. The average Bonchev–Trinajstić information content (AvgIpc) is 2.75. The second-order valence-electron chi connectivity index (χ2n) is 7.18. The van der Waals surface area contributed by atoms with Crippen molar-refractivity contribution in [1.29, 1.82) is 0 Å². The number of hydrogen-bond acceptors (Lipinski definition) is 5. The molecule has 0 aliphatic carbocycles. The minimum Gasteiger partial charge on any atom is -0.480 e. The molecule has 0 unspecified atom stereocenters. The number of carbonyl (C=O) groups excluding carboxylic acids is 2. The molecule has 0 heterocycles. The Balaban J connectivity index is 2.07.